The van der Waals surface area contributed by atoms with Crippen LogP contribution in [0.1, 0.15) is 26.5 Å². The molecular weight excluding hydrogens is 309 g/mol. The van der Waals surface area contributed by atoms with Crippen LogP contribution < -0.4 is 10.1 Å². The van der Waals surface area contributed by atoms with Crippen molar-refractivity contribution in [1.29, 1.82) is 0 Å². The third kappa shape index (κ3) is 5.16. The maximum atomic E-state index is 5.93. The molecular formula is C15H17Cl2N3O. The molecule has 0 saturated heterocycles. The Balaban J connectivity index is 2.00. The van der Waals surface area contributed by atoms with Crippen LogP contribution >= 0.6 is 23.2 Å². The van der Waals surface area contributed by atoms with E-state index in [1.54, 1.807) is 24.3 Å². The molecule has 0 fully saturated rings. The Bertz CT molecular complexity index is 609. The molecule has 4 nitrogen and oxygen atoms in total. The lowest BCUT2D eigenvalue weighted by molar-refractivity contribution is 0.416. The van der Waals surface area contributed by atoms with Crippen molar-refractivity contribution in [3.05, 3.63) is 46.1 Å². The van der Waals surface area contributed by atoms with Gasteiger partial charge in [-0.3, -0.25) is 0 Å². The Hall–Kier alpha value is -1.36. The molecule has 2 aromatic rings. The topological polar surface area (TPSA) is 47.0 Å². The molecule has 0 saturated carbocycles. The van der Waals surface area contributed by atoms with E-state index in [0.29, 0.717) is 28.2 Å². The number of halogens is 2. The summed E-state index contributed by atoms with van der Waals surface area (Å²) in [7, 11) is 0. The molecule has 0 aliphatic carbocycles. The van der Waals surface area contributed by atoms with Crippen molar-refractivity contribution in [3.63, 3.8) is 0 Å². The molecule has 21 heavy (non-hydrogen) atoms. The van der Waals surface area contributed by atoms with Gasteiger partial charge < -0.3 is 10.1 Å². The monoisotopic (exact) mass is 325 g/mol. The Morgan fingerprint density at radius 3 is 2.38 bits per heavy atom. The number of benzene rings is 1. The number of hydrogen-bond acceptors (Lipinski definition) is 4. The standard InChI is InChI=1S/C15H17Cl2N3O/c1-15(2,3)18-9-10-4-7-14(20-19-10)21-11-5-6-12(16)13(17)8-11/h4-8,18H,9H2,1-3H3. The van der Waals surface area contributed by atoms with E-state index in [4.69, 9.17) is 27.9 Å². The van der Waals surface area contributed by atoms with Crippen LogP contribution in [0.5, 0.6) is 11.6 Å². The van der Waals surface area contributed by atoms with E-state index in [9.17, 15) is 0 Å². The summed E-state index contributed by atoms with van der Waals surface area (Å²) in [6.07, 6.45) is 0. The van der Waals surface area contributed by atoms with Gasteiger partial charge in [-0.05, 0) is 39.0 Å². The highest BCUT2D eigenvalue weighted by Crippen LogP contribution is 2.28. The van der Waals surface area contributed by atoms with E-state index in [1.807, 2.05) is 6.07 Å². The van der Waals surface area contributed by atoms with Gasteiger partial charge in [0.1, 0.15) is 5.75 Å². The SMILES string of the molecule is CC(C)(C)NCc1ccc(Oc2ccc(Cl)c(Cl)c2)nn1. The summed E-state index contributed by atoms with van der Waals surface area (Å²) in [4.78, 5) is 0. The Morgan fingerprint density at radius 2 is 1.81 bits per heavy atom. The van der Waals surface area contributed by atoms with Crippen molar-refractivity contribution in [2.45, 2.75) is 32.9 Å². The molecule has 1 aromatic heterocycles. The lowest BCUT2D eigenvalue weighted by Crippen LogP contribution is -2.35. The summed E-state index contributed by atoms with van der Waals surface area (Å²) in [5.41, 5.74) is 0.892. The summed E-state index contributed by atoms with van der Waals surface area (Å²) >= 11 is 11.8. The molecule has 1 aromatic carbocycles. The van der Waals surface area contributed by atoms with Gasteiger partial charge in [-0.2, -0.15) is 5.10 Å². The molecule has 112 valence electrons. The Morgan fingerprint density at radius 1 is 1.05 bits per heavy atom. The van der Waals surface area contributed by atoms with Crippen molar-refractivity contribution < 1.29 is 4.74 Å². The molecule has 6 heteroatoms. The average molecular weight is 326 g/mol. The van der Waals surface area contributed by atoms with Crippen LogP contribution in [0.15, 0.2) is 30.3 Å². The maximum absolute atomic E-state index is 5.93. The van der Waals surface area contributed by atoms with Crippen LogP contribution in [-0.2, 0) is 6.54 Å². The zero-order valence-corrected chi connectivity index (χ0v) is 13.7. The van der Waals surface area contributed by atoms with E-state index in [1.165, 1.54) is 0 Å². The molecule has 1 heterocycles. The zero-order valence-electron chi connectivity index (χ0n) is 12.2. The number of ether oxygens (including phenoxy) is 1. The molecule has 0 aliphatic rings. The second kappa shape index (κ2) is 6.60. The van der Waals surface area contributed by atoms with Crippen molar-refractivity contribution in [2.24, 2.45) is 0 Å². The highest BCUT2D eigenvalue weighted by molar-refractivity contribution is 6.42. The molecule has 0 radical (unpaired) electrons. The van der Waals surface area contributed by atoms with Gasteiger partial charge in [0, 0.05) is 24.2 Å². The van der Waals surface area contributed by atoms with Crippen molar-refractivity contribution in [3.8, 4) is 11.6 Å². The van der Waals surface area contributed by atoms with E-state index in [0.717, 1.165) is 5.69 Å². The fourth-order valence-corrected chi connectivity index (χ4v) is 1.80. The fraction of sp³-hybridized carbons (Fsp3) is 0.333. The first-order chi connectivity index (χ1) is 9.83. The molecule has 0 amide bonds. The van der Waals surface area contributed by atoms with Crippen LogP contribution in [0.4, 0.5) is 0 Å². The normalized spacial score (nSPS) is 11.5. The summed E-state index contributed by atoms with van der Waals surface area (Å²) in [6.45, 7) is 6.95. The lowest BCUT2D eigenvalue weighted by atomic mass is 10.1. The summed E-state index contributed by atoms with van der Waals surface area (Å²) < 4.78 is 5.58. The van der Waals surface area contributed by atoms with Crippen LogP contribution in [-0.4, -0.2) is 15.7 Å². The minimum Gasteiger partial charge on any atom is -0.437 e. The van der Waals surface area contributed by atoms with Gasteiger partial charge in [0.2, 0.25) is 5.88 Å². The molecule has 0 atom stereocenters. The van der Waals surface area contributed by atoms with Crippen LogP contribution in [0.3, 0.4) is 0 Å². The Labute approximate surface area is 134 Å². The van der Waals surface area contributed by atoms with Gasteiger partial charge in [-0.25, -0.2) is 0 Å². The minimum atomic E-state index is 0.0386. The van der Waals surface area contributed by atoms with Crippen LogP contribution in [0.2, 0.25) is 10.0 Å². The first-order valence-corrected chi connectivity index (χ1v) is 7.30. The van der Waals surface area contributed by atoms with E-state index in [2.05, 4.69) is 36.3 Å². The van der Waals surface area contributed by atoms with E-state index in [-0.39, 0.29) is 5.54 Å². The largest absolute Gasteiger partial charge is 0.437 e. The number of aromatic nitrogens is 2. The van der Waals surface area contributed by atoms with Gasteiger partial charge >= 0.3 is 0 Å². The predicted molar refractivity (Wildman–Crippen MR) is 85.2 cm³/mol. The van der Waals surface area contributed by atoms with Crippen LogP contribution in [0.25, 0.3) is 0 Å². The molecule has 1 N–H and O–H groups in total. The smallest absolute Gasteiger partial charge is 0.238 e. The number of nitrogens with zero attached hydrogens (tertiary/aromatic N) is 2. The third-order valence-electron chi connectivity index (χ3n) is 2.61. The van der Waals surface area contributed by atoms with Gasteiger partial charge in [0.15, 0.2) is 0 Å². The minimum absolute atomic E-state index is 0.0386. The van der Waals surface area contributed by atoms with Gasteiger partial charge in [0.05, 0.1) is 15.7 Å². The van der Waals surface area contributed by atoms with Crippen LogP contribution in [0, 0.1) is 0 Å². The highest BCUT2D eigenvalue weighted by atomic mass is 35.5. The molecule has 0 spiro atoms. The van der Waals surface area contributed by atoms with Crippen molar-refractivity contribution in [2.75, 3.05) is 0 Å². The second-order valence-corrected chi connectivity index (χ2v) is 6.46. The molecule has 0 unspecified atom stereocenters. The average Bonchev–Trinajstić information content (AvgIpc) is 2.41. The summed E-state index contributed by atoms with van der Waals surface area (Å²) in [6, 6.07) is 8.69. The maximum Gasteiger partial charge on any atom is 0.238 e. The fourth-order valence-electron chi connectivity index (χ4n) is 1.51. The van der Waals surface area contributed by atoms with Crippen molar-refractivity contribution >= 4 is 23.2 Å². The van der Waals surface area contributed by atoms with Crippen molar-refractivity contribution in [1.82, 2.24) is 15.5 Å². The first kappa shape index (κ1) is 16.0. The number of hydrogen-bond donors (Lipinski definition) is 1. The molecule has 2 rings (SSSR count). The second-order valence-electron chi connectivity index (χ2n) is 5.64. The molecule has 0 bridgehead atoms. The number of nitrogens with one attached hydrogen (secondary N) is 1. The molecule has 0 aliphatic heterocycles. The predicted octanol–water partition coefficient (Wildman–Crippen LogP) is 4.46. The van der Waals surface area contributed by atoms with Gasteiger partial charge in [-0.15, -0.1) is 5.10 Å². The third-order valence-corrected chi connectivity index (χ3v) is 3.35. The Kier molecular flexibility index (Phi) is 5.04. The lowest BCUT2D eigenvalue weighted by Gasteiger charge is -2.19. The number of rotatable bonds is 4. The quantitative estimate of drug-likeness (QED) is 0.901. The summed E-state index contributed by atoms with van der Waals surface area (Å²) in [5, 5.41) is 12.4. The summed E-state index contributed by atoms with van der Waals surface area (Å²) in [5.74, 6) is 0.979. The first-order valence-electron chi connectivity index (χ1n) is 6.54. The van der Waals surface area contributed by atoms with Gasteiger partial charge in [0.25, 0.3) is 0 Å². The van der Waals surface area contributed by atoms with E-state index >= 15 is 0 Å². The van der Waals surface area contributed by atoms with E-state index < -0.39 is 0 Å². The van der Waals surface area contributed by atoms with Gasteiger partial charge in [-0.1, -0.05) is 23.2 Å². The highest BCUT2D eigenvalue weighted by Gasteiger charge is 2.09. The zero-order chi connectivity index (χ0) is 15.5.